The molecule has 0 aliphatic rings. The minimum Gasteiger partial charge on any atom is -0.419 e. The van der Waals surface area contributed by atoms with Gasteiger partial charge in [0.2, 0.25) is 26.6 Å². The SMILES string of the molecule is CN(Cc1ccccc1)c1oc(-c2ccc(F)cc2)nc1S(=O)(=O)c1ccc(F)cc1. The van der Waals surface area contributed by atoms with E-state index in [0.29, 0.717) is 12.1 Å². The van der Waals surface area contributed by atoms with Crippen LogP contribution in [0.15, 0.2) is 93.2 Å². The highest BCUT2D eigenvalue weighted by Gasteiger charge is 2.30. The Hall–Kier alpha value is -3.52. The van der Waals surface area contributed by atoms with Crippen molar-refractivity contribution < 1.29 is 21.6 Å². The van der Waals surface area contributed by atoms with Gasteiger partial charge in [-0.05, 0) is 54.1 Å². The summed E-state index contributed by atoms with van der Waals surface area (Å²) in [6.07, 6.45) is 0. The maximum atomic E-state index is 13.3. The number of halogens is 2. The summed E-state index contributed by atoms with van der Waals surface area (Å²) in [7, 11) is -2.42. The van der Waals surface area contributed by atoms with Crippen LogP contribution in [-0.4, -0.2) is 20.4 Å². The summed E-state index contributed by atoms with van der Waals surface area (Å²) in [5.41, 5.74) is 1.37. The van der Waals surface area contributed by atoms with E-state index in [4.69, 9.17) is 4.42 Å². The van der Waals surface area contributed by atoms with Crippen LogP contribution in [0.3, 0.4) is 0 Å². The predicted octanol–water partition coefficient (Wildman–Crippen LogP) is 5.09. The maximum absolute atomic E-state index is 13.3. The Morgan fingerprint density at radius 3 is 2.06 bits per heavy atom. The van der Waals surface area contributed by atoms with Crippen LogP contribution in [-0.2, 0) is 16.4 Å². The van der Waals surface area contributed by atoms with Gasteiger partial charge in [-0.15, -0.1) is 0 Å². The third-order valence-corrected chi connectivity index (χ3v) is 6.33. The first-order valence-corrected chi connectivity index (χ1v) is 10.9. The van der Waals surface area contributed by atoms with Crippen molar-refractivity contribution in [2.45, 2.75) is 16.5 Å². The Kier molecular flexibility index (Phi) is 5.56. The standard InChI is InChI=1S/C23H18F2N2O3S/c1-27(15-16-5-3-2-4-6-16)23-22(31(28,29)20-13-11-19(25)12-14-20)26-21(30-23)17-7-9-18(24)10-8-17/h2-14H,15H2,1H3. The van der Waals surface area contributed by atoms with Crippen molar-refractivity contribution in [3.63, 3.8) is 0 Å². The number of benzene rings is 3. The van der Waals surface area contributed by atoms with Gasteiger partial charge in [-0.1, -0.05) is 30.3 Å². The summed E-state index contributed by atoms with van der Waals surface area (Å²) in [6, 6.07) is 19.3. The third-order valence-electron chi connectivity index (χ3n) is 4.66. The van der Waals surface area contributed by atoms with E-state index in [1.165, 1.54) is 36.4 Å². The number of hydrogen-bond donors (Lipinski definition) is 0. The van der Waals surface area contributed by atoms with Gasteiger partial charge in [0.25, 0.3) is 0 Å². The molecule has 0 unspecified atom stereocenters. The monoisotopic (exact) mass is 440 g/mol. The van der Waals surface area contributed by atoms with Crippen molar-refractivity contribution >= 4 is 15.7 Å². The topological polar surface area (TPSA) is 63.4 Å². The molecule has 0 amide bonds. The Morgan fingerprint density at radius 2 is 1.45 bits per heavy atom. The molecule has 4 rings (SSSR count). The van der Waals surface area contributed by atoms with Gasteiger partial charge >= 0.3 is 0 Å². The second kappa shape index (κ2) is 8.31. The molecule has 0 fully saturated rings. The Bertz CT molecular complexity index is 1290. The number of anilines is 1. The first kappa shape index (κ1) is 20.7. The first-order chi connectivity index (χ1) is 14.8. The number of aromatic nitrogens is 1. The zero-order valence-corrected chi connectivity index (χ0v) is 17.3. The molecule has 0 atom stereocenters. The molecule has 0 N–H and O–H groups in total. The van der Waals surface area contributed by atoms with Crippen LogP contribution in [0.2, 0.25) is 0 Å². The molecule has 0 saturated carbocycles. The highest BCUT2D eigenvalue weighted by molar-refractivity contribution is 7.91. The molecular formula is C23H18F2N2O3S. The van der Waals surface area contributed by atoms with E-state index in [1.54, 1.807) is 11.9 Å². The van der Waals surface area contributed by atoms with Crippen molar-refractivity contribution in [2.24, 2.45) is 0 Å². The molecule has 1 aromatic heterocycles. The zero-order valence-electron chi connectivity index (χ0n) is 16.5. The number of oxazole rings is 1. The molecule has 0 saturated heterocycles. The van der Waals surface area contributed by atoms with Crippen molar-refractivity contribution in [3.05, 3.63) is 96.1 Å². The van der Waals surface area contributed by atoms with Crippen LogP contribution in [0.5, 0.6) is 0 Å². The highest BCUT2D eigenvalue weighted by Crippen LogP contribution is 2.34. The molecule has 5 nitrogen and oxygen atoms in total. The van der Waals surface area contributed by atoms with Gasteiger partial charge in [0.05, 0.1) is 4.90 Å². The molecule has 0 aliphatic heterocycles. The Morgan fingerprint density at radius 1 is 0.871 bits per heavy atom. The second-order valence-corrected chi connectivity index (χ2v) is 8.80. The quantitative estimate of drug-likeness (QED) is 0.391. The van der Waals surface area contributed by atoms with Crippen LogP contribution in [0, 0.1) is 11.6 Å². The van der Waals surface area contributed by atoms with Crippen LogP contribution in [0.4, 0.5) is 14.7 Å². The molecule has 31 heavy (non-hydrogen) atoms. The fraction of sp³-hybridized carbons (Fsp3) is 0.0870. The van der Waals surface area contributed by atoms with Gasteiger partial charge in [-0.25, -0.2) is 17.2 Å². The largest absolute Gasteiger partial charge is 0.419 e. The summed E-state index contributed by atoms with van der Waals surface area (Å²) in [4.78, 5) is 5.75. The lowest BCUT2D eigenvalue weighted by atomic mass is 10.2. The molecular weight excluding hydrogens is 422 g/mol. The van der Waals surface area contributed by atoms with Crippen molar-refractivity contribution in [2.75, 3.05) is 11.9 Å². The minimum absolute atomic E-state index is 0.0347. The van der Waals surface area contributed by atoms with E-state index in [-0.39, 0.29) is 21.7 Å². The number of rotatable bonds is 6. The number of nitrogens with zero attached hydrogens (tertiary/aromatic N) is 2. The molecule has 3 aromatic carbocycles. The zero-order chi connectivity index (χ0) is 22.0. The van der Waals surface area contributed by atoms with E-state index in [2.05, 4.69) is 4.98 Å². The fourth-order valence-corrected chi connectivity index (χ4v) is 4.43. The van der Waals surface area contributed by atoms with Gasteiger partial charge in [0.15, 0.2) is 0 Å². The van der Waals surface area contributed by atoms with Crippen LogP contribution >= 0.6 is 0 Å². The van der Waals surface area contributed by atoms with Crippen molar-refractivity contribution in [3.8, 4) is 11.5 Å². The second-order valence-electron chi connectivity index (χ2n) is 6.94. The van der Waals surface area contributed by atoms with Crippen molar-refractivity contribution in [1.82, 2.24) is 4.98 Å². The highest BCUT2D eigenvalue weighted by atomic mass is 32.2. The molecule has 8 heteroatoms. The average Bonchev–Trinajstić information content (AvgIpc) is 3.22. The van der Waals surface area contributed by atoms with Gasteiger partial charge in [0, 0.05) is 19.2 Å². The van der Waals surface area contributed by atoms with Crippen molar-refractivity contribution in [1.29, 1.82) is 0 Å². The average molecular weight is 440 g/mol. The summed E-state index contributed by atoms with van der Waals surface area (Å²) in [5, 5.41) is -0.295. The van der Waals surface area contributed by atoms with Gasteiger partial charge < -0.3 is 9.32 Å². The van der Waals surface area contributed by atoms with Crippen LogP contribution < -0.4 is 4.90 Å². The predicted molar refractivity (Wildman–Crippen MR) is 112 cm³/mol. The summed E-state index contributed by atoms with van der Waals surface area (Å²) in [6.45, 7) is 0.366. The molecule has 158 valence electrons. The number of hydrogen-bond acceptors (Lipinski definition) is 5. The lowest BCUT2D eigenvalue weighted by molar-refractivity contribution is 0.553. The van der Waals surface area contributed by atoms with Crippen LogP contribution in [0.25, 0.3) is 11.5 Å². The Balaban J connectivity index is 1.81. The summed E-state index contributed by atoms with van der Waals surface area (Å²) in [5.74, 6) is -0.911. The first-order valence-electron chi connectivity index (χ1n) is 9.37. The summed E-state index contributed by atoms with van der Waals surface area (Å²) >= 11 is 0. The molecule has 0 radical (unpaired) electrons. The minimum atomic E-state index is -4.11. The van der Waals surface area contributed by atoms with E-state index < -0.39 is 21.5 Å². The molecule has 0 spiro atoms. The maximum Gasteiger partial charge on any atom is 0.236 e. The lowest BCUT2D eigenvalue weighted by Crippen LogP contribution is -2.18. The van der Waals surface area contributed by atoms with E-state index in [1.807, 2.05) is 30.3 Å². The van der Waals surface area contributed by atoms with Gasteiger partial charge in [-0.2, -0.15) is 4.98 Å². The van der Waals surface area contributed by atoms with Gasteiger partial charge in [-0.3, -0.25) is 0 Å². The smallest absolute Gasteiger partial charge is 0.236 e. The molecule has 1 heterocycles. The molecule has 0 bridgehead atoms. The van der Waals surface area contributed by atoms with E-state index >= 15 is 0 Å². The number of sulfone groups is 1. The van der Waals surface area contributed by atoms with Gasteiger partial charge in [0.1, 0.15) is 11.6 Å². The molecule has 4 aromatic rings. The van der Waals surface area contributed by atoms with E-state index in [9.17, 15) is 17.2 Å². The fourth-order valence-electron chi connectivity index (χ4n) is 3.08. The van der Waals surface area contributed by atoms with E-state index in [0.717, 1.165) is 17.7 Å². The molecule has 0 aliphatic carbocycles. The lowest BCUT2D eigenvalue weighted by Gasteiger charge is -2.17. The Labute approximate surface area is 178 Å². The third kappa shape index (κ3) is 4.34. The summed E-state index contributed by atoms with van der Waals surface area (Å²) < 4.78 is 59.1. The normalized spacial score (nSPS) is 11.5. The van der Waals surface area contributed by atoms with Crippen LogP contribution in [0.1, 0.15) is 5.56 Å².